The van der Waals surface area contributed by atoms with Crippen LogP contribution in [-0.4, -0.2) is 25.1 Å². The van der Waals surface area contributed by atoms with Crippen LogP contribution in [0.2, 0.25) is 0 Å². The Kier molecular flexibility index (Phi) is 6.61. The number of carbonyl (C=O) groups excluding carboxylic acids is 2. The fourth-order valence-corrected chi connectivity index (χ4v) is 2.59. The summed E-state index contributed by atoms with van der Waals surface area (Å²) in [5, 5.41) is 2.75. The van der Waals surface area contributed by atoms with E-state index in [1.807, 2.05) is 56.3 Å². The molecule has 0 unspecified atom stereocenters. The van der Waals surface area contributed by atoms with E-state index in [2.05, 4.69) is 26.1 Å². The molecule has 0 heterocycles. The molecule has 1 N–H and O–H groups in total. The zero-order valence-corrected chi connectivity index (χ0v) is 16.6. The molecule has 2 aromatic rings. The van der Waals surface area contributed by atoms with E-state index in [1.165, 1.54) is 0 Å². The number of hydrogen-bond acceptors (Lipinski definition) is 4. The van der Waals surface area contributed by atoms with Gasteiger partial charge >= 0.3 is 5.97 Å². The first-order chi connectivity index (χ1) is 12.7. The van der Waals surface area contributed by atoms with Crippen molar-refractivity contribution in [3.05, 3.63) is 59.2 Å². The molecule has 0 radical (unpaired) electrons. The van der Waals surface area contributed by atoms with Gasteiger partial charge in [-0.05, 0) is 48.1 Å². The number of aryl methyl sites for hydroxylation is 2. The molecular formula is C22H27NO4. The van der Waals surface area contributed by atoms with E-state index in [1.54, 1.807) is 0 Å². The second kappa shape index (κ2) is 8.71. The quantitative estimate of drug-likeness (QED) is 0.777. The van der Waals surface area contributed by atoms with Crippen LogP contribution < -0.4 is 10.1 Å². The van der Waals surface area contributed by atoms with E-state index >= 15 is 0 Å². The van der Waals surface area contributed by atoms with Crippen molar-refractivity contribution in [2.75, 3.05) is 18.5 Å². The van der Waals surface area contributed by atoms with Crippen LogP contribution in [0.1, 0.15) is 37.5 Å². The monoisotopic (exact) mass is 369 g/mol. The minimum absolute atomic E-state index is 0.105. The number of ether oxygens (including phenoxy) is 2. The summed E-state index contributed by atoms with van der Waals surface area (Å²) in [6.07, 6.45) is 0. The smallest absolute Gasteiger partial charge is 0.344 e. The zero-order chi connectivity index (χ0) is 20.0. The molecule has 0 aliphatic rings. The molecule has 0 saturated carbocycles. The lowest BCUT2D eigenvalue weighted by molar-refractivity contribution is -0.149. The zero-order valence-electron chi connectivity index (χ0n) is 16.6. The van der Waals surface area contributed by atoms with Gasteiger partial charge in [-0.25, -0.2) is 4.79 Å². The van der Waals surface area contributed by atoms with Crippen molar-refractivity contribution in [2.24, 2.45) is 0 Å². The van der Waals surface area contributed by atoms with Gasteiger partial charge in [0.25, 0.3) is 5.91 Å². The number of esters is 1. The van der Waals surface area contributed by atoms with E-state index in [-0.39, 0.29) is 24.5 Å². The van der Waals surface area contributed by atoms with Crippen LogP contribution >= 0.6 is 0 Å². The Labute approximate surface area is 160 Å². The van der Waals surface area contributed by atoms with Crippen LogP contribution in [0.3, 0.4) is 0 Å². The van der Waals surface area contributed by atoms with Gasteiger partial charge in [-0.2, -0.15) is 0 Å². The minimum atomic E-state index is -0.588. The predicted octanol–water partition coefficient (Wildman–Crippen LogP) is 4.16. The lowest BCUT2D eigenvalue weighted by Gasteiger charge is -2.22. The van der Waals surface area contributed by atoms with Crippen LogP contribution in [0.4, 0.5) is 5.69 Å². The molecule has 5 nitrogen and oxygen atoms in total. The van der Waals surface area contributed by atoms with E-state index < -0.39 is 5.97 Å². The SMILES string of the molecule is Cc1ccc(C)c(NC(=O)COC(=O)COc2ccccc2C(C)(C)C)c1. The fraction of sp³-hybridized carbons (Fsp3) is 0.364. The van der Waals surface area contributed by atoms with Crippen molar-refractivity contribution in [2.45, 2.75) is 40.0 Å². The number of rotatable bonds is 6. The second-order valence-corrected chi connectivity index (χ2v) is 7.56. The van der Waals surface area contributed by atoms with Gasteiger partial charge in [0.05, 0.1) is 0 Å². The van der Waals surface area contributed by atoms with Gasteiger partial charge < -0.3 is 14.8 Å². The topological polar surface area (TPSA) is 64.6 Å². The standard InChI is InChI=1S/C22H27NO4/c1-15-10-11-16(2)18(12-15)23-20(24)13-27-21(25)14-26-19-9-7-6-8-17(19)22(3,4)5/h6-12H,13-14H2,1-5H3,(H,23,24). The van der Waals surface area contributed by atoms with Gasteiger partial charge in [-0.15, -0.1) is 0 Å². The van der Waals surface area contributed by atoms with Crippen molar-refractivity contribution in [3.8, 4) is 5.75 Å². The van der Waals surface area contributed by atoms with E-state index in [9.17, 15) is 9.59 Å². The number of nitrogens with one attached hydrogen (secondary N) is 1. The summed E-state index contributed by atoms with van der Waals surface area (Å²) in [7, 11) is 0. The summed E-state index contributed by atoms with van der Waals surface area (Å²) in [4.78, 5) is 23.9. The van der Waals surface area contributed by atoms with Crippen LogP contribution in [0.15, 0.2) is 42.5 Å². The summed E-state index contributed by atoms with van der Waals surface area (Å²) in [5.74, 6) is -0.330. The van der Waals surface area contributed by atoms with Crippen molar-refractivity contribution in [1.29, 1.82) is 0 Å². The molecule has 5 heteroatoms. The van der Waals surface area contributed by atoms with Gasteiger partial charge in [0, 0.05) is 5.69 Å². The average molecular weight is 369 g/mol. The third-order valence-corrected chi connectivity index (χ3v) is 4.07. The highest BCUT2D eigenvalue weighted by Crippen LogP contribution is 2.30. The largest absolute Gasteiger partial charge is 0.482 e. The van der Waals surface area contributed by atoms with Gasteiger partial charge in [-0.1, -0.05) is 51.1 Å². The van der Waals surface area contributed by atoms with Crippen molar-refractivity contribution >= 4 is 17.6 Å². The van der Waals surface area contributed by atoms with Gasteiger partial charge in [0.2, 0.25) is 0 Å². The molecule has 0 aromatic heterocycles. The summed E-state index contributed by atoms with van der Waals surface area (Å²) >= 11 is 0. The first-order valence-corrected chi connectivity index (χ1v) is 8.92. The van der Waals surface area contributed by atoms with Crippen molar-refractivity contribution in [1.82, 2.24) is 0 Å². The number of carbonyl (C=O) groups is 2. The molecule has 0 saturated heterocycles. The minimum Gasteiger partial charge on any atom is -0.482 e. The Balaban J connectivity index is 1.85. The molecule has 144 valence electrons. The second-order valence-electron chi connectivity index (χ2n) is 7.56. The summed E-state index contributed by atoms with van der Waals surface area (Å²) in [6, 6.07) is 13.4. The predicted molar refractivity (Wildman–Crippen MR) is 106 cm³/mol. The third-order valence-electron chi connectivity index (χ3n) is 4.07. The molecule has 0 bridgehead atoms. The maximum atomic E-state index is 12.0. The van der Waals surface area contributed by atoms with Crippen LogP contribution in [0, 0.1) is 13.8 Å². The first kappa shape index (κ1) is 20.5. The number of hydrogen-bond donors (Lipinski definition) is 1. The maximum Gasteiger partial charge on any atom is 0.344 e. The molecular weight excluding hydrogens is 342 g/mol. The maximum absolute atomic E-state index is 12.0. The Morgan fingerprint density at radius 2 is 1.70 bits per heavy atom. The van der Waals surface area contributed by atoms with Crippen LogP contribution in [0.5, 0.6) is 5.75 Å². The van der Waals surface area contributed by atoms with E-state index in [4.69, 9.17) is 9.47 Å². The summed E-state index contributed by atoms with van der Waals surface area (Å²) in [5.41, 5.74) is 3.60. The molecule has 0 spiro atoms. The number of anilines is 1. The Hall–Kier alpha value is -2.82. The number of benzene rings is 2. The van der Waals surface area contributed by atoms with E-state index in [0.717, 1.165) is 16.7 Å². The molecule has 2 aromatic carbocycles. The molecule has 0 aliphatic heterocycles. The Bertz CT molecular complexity index is 821. The Morgan fingerprint density at radius 3 is 2.41 bits per heavy atom. The lowest BCUT2D eigenvalue weighted by Crippen LogP contribution is -2.24. The van der Waals surface area contributed by atoms with Crippen molar-refractivity contribution < 1.29 is 19.1 Å². The summed E-state index contributed by atoms with van der Waals surface area (Å²) in [6.45, 7) is 9.48. The van der Waals surface area contributed by atoms with Crippen LogP contribution in [0.25, 0.3) is 0 Å². The van der Waals surface area contributed by atoms with E-state index in [0.29, 0.717) is 11.4 Å². The molecule has 2 rings (SSSR count). The first-order valence-electron chi connectivity index (χ1n) is 8.92. The normalized spacial score (nSPS) is 11.0. The lowest BCUT2D eigenvalue weighted by atomic mass is 9.86. The van der Waals surface area contributed by atoms with Crippen molar-refractivity contribution in [3.63, 3.8) is 0 Å². The highest BCUT2D eigenvalue weighted by atomic mass is 16.6. The number of para-hydroxylation sites is 1. The third kappa shape index (κ3) is 6.13. The molecule has 1 amide bonds. The molecule has 27 heavy (non-hydrogen) atoms. The number of amides is 1. The Morgan fingerprint density at radius 1 is 1.00 bits per heavy atom. The summed E-state index contributed by atoms with van der Waals surface area (Å²) < 4.78 is 10.6. The highest BCUT2D eigenvalue weighted by molar-refractivity contribution is 5.93. The van der Waals surface area contributed by atoms with Crippen LogP contribution in [-0.2, 0) is 19.7 Å². The van der Waals surface area contributed by atoms with Gasteiger partial charge in [0.1, 0.15) is 5.75 Å². The highest BCUT2D eigenvalue weighted by Gasteiger charge is 2.19. The van der Waals surface area contributed by atoms with Gasteiger partial charge in [-0.3, -0.25) is 4.79 Å². The molecule has 0 fully saturated rings. The fourth-order valence-electron chi connectivity index (χ4n) is 2.59. The molecule has 0 atom stereocenters. The van der Waals surface area contributed by atoms with Gasteiger partial charge in [0.15, 0.2) is 13.2 Å². The average Bonchev–Trinajstić information content (AvgIpc) is 2.61. The molecule has 0 aliphatic carbocycles.